The van der Waals surface area contributed by atoms with Crippen molar-refractivity contribution in [1.29, 1.82) is 0 Å². The smallest absolute Gasteiger partial charge is 0.164 e. The third kappa shape index (κ3) is 7.59. The van der Waals surface area contributed by atoms with Crippen LogP contribution in [0, 0.1) is 35.0 Å². The van der Waals surface area contributed by atoms with E-state index in [2.05, 4.69) is 41.5 Å². The van der Waals surface area contributed by atoms with Gasteiger partial charge < -0.3 is 0 Å². The van der Waals surface area contributed by atoms with Gasteiger partial charge in [-0.1, -0.05) is 65.3 Å². The molecule has 4 nitrogen and oxygen atoms in total. The van der Waals surface area contributed by atoms with Crippen molar-refractivity contribution in [3.63, 3.8) is 0 Å². The minimum atomic E-state index is -1.33. The molecule has 1 fully saturated rings. The number of carbonyl (C=O) groups excluding carboxylic acids is 4. The van der Waals surface area contributed by atoms with Gasteiger partial charge in [0.25, 0.3) is 0 Å². The monoisotopic (exact) mass is 502 g/mol. The van der Waals surface area contributed by atoms with Gasteiger partial charge in [0.1, 0.15) is 5.92 Å². The predicted molar refractivity (Wildman–Crippen MR) is 141 cm³/mol. The van der Waals surface area contributed by atoms with Gasteiger partial charge in [-0.15, -0.1) is 0 Å². The molecule has 0 bridgehead atoms. The average molecular weight is 503 g/mol. The van der Waals surface area contributed by atoms with E-state index in [9.17, 15) is 19.2 Å². The third-order valence-electron chi connectivity index (χ3n) is 7.35. The first-order valence-electron chi connectivity index (χ1n) is 13.3. The number of carbonyl (C=O) groups is 4. The summed E-state index contributed by atoms with van der Waals surface area (Å²) in [7, 11) is 0. The third-order valence-corrected chi connectivity index (χ3v) is 7.59. The zero-order valence-electron chi connectivity index (χ0n) is 22.4. The van der Waals surface area contributed by atoms with Gasteiger partial charge >= 0.3 is 0 Å². The van der Waals surface area contributed by atoms with Crippen molar-refractivity contribution in [3.8, 4) is 0 Å². The van der Waals surface area contributed by atoms with Gasteiger partial charge in [0.2, 0.25) is 0 Å². The summed E-state index contributed by atoms with van der Waals surface area (Å²) >= 11 is 6.08. The second-order valence-corrected chi connectivity index (χ2v) is 12.1. The summed E-state index contributed by atoms with van der Waals surface area (Å²) in [5.74, 6) is -2.74. The molecule has 0 aliphatic heterocycles. The first kappa shape index (κ1) is 29.4. The van der Waals surface area contributed by atoms with Crippen molar-refractivity contribution >= 4 is 34.7 Å². The standard InChI is InChI=1S/C30H43ClO4/c1-19(2)10-12-24-27(33)26(25(32)13-11-22-8-7-9-23(31)18-22)29(35)30(28(24)34,16-14-20(3)4)17-15-21(5)6/h7-9,18-21,24,26H,10-17H2,1-6H3. The van der Waals surface area contributed by atoms with Gasteiger partial charge in [-0.25, -0.2) is 0 Å². The molecule has 0 N–H and O–H groups in total. The van der Waals surface area contributed by atoms with Gasteiger partial charge in [-0.05, 0) is 80.4 Å². The molecule has 2 atom stereocenters. The lowest BCUT2D eigenvalue weighted by molar-refractivity contribution is -0.160. The van der Waals surface area contributed by atoms with Crippen molar-refractivity contribution < 1.29 is 19.2 Å². The Morgan fingerprint density at radius 2 is 1.46 bits per heavy atom. The molecule has 1 aliphatic rings. The highest BCUT2D eigenvalue weighted by Crippen LogP contribution is 2.45. The van der Waals surface area contributed by atoms with Crippen LogP contribution in [0.4, 0.5) is 0 Å². The Kier molecular flexibility index (Phi) is 10.9. The fraction of sp³-hybridized carbons (Fsp3) is 0.667. The molecule has 0 heterocycles. The van der Waals surface area contributed by atoms with E-state index in [1.165, 1.54) is 0 Å². The summed E-state index contributed by atoms with van der Waals surface area (Å²) in [5, 5.41) is 0.584. The zero-order chi connectivity index (χ0) is 26.3. The fourth-order valence-electron chi connectivity index (χ4n) is 5.06. The first-order valence-corrected chi connectivity index (χ1v) is 13.7. The zero-order valence-corrected chi connectivity index (χ0v) is 23.1. The Hall–Kier alpha value is -1.81. The molecule has 1 aliphatic carbocycles. The predicted octanol–water partition coefficient (Wildman–Crippen LogP) is 7.09. The Morgan fingerprint density at radius 1 is 0.886 bits per heavy atom. The van der Waals surface area contributed by atoms with E-state index >= 15 is 0 Å². The minimum Gasteiger partial charge on any atom is -0.298 e. The van der Waals surface area contributed by atoms with E-state index in [0.717, 1.165) is 5.56 Å². The van der Waals surface area contributed by atoms with Crippen molar-refractivity contribution in [2.75, 3.05) is 0 Å². The Balaban J connectivity index is 2.43. The molecule has 0 aromatic heterocycles. The summed E-state index contributed by atoms with van der Waals surface area (Å²) < 4.78 is 0. The number of rotatable bonds is 13. The maximum atomic E-state index is 14.0. The molecular formula is C30H43ClO4. The van der Waals surface area contributed by atoms with Crippen LogP contribution < -0.4 is 0 Å². The topological polar surface area (TPSA) is 68.3 Å². The molecule has 194 valence electrons. The second kappa shape index (κ2) is 12.9. The van der Waals surface area contributed by atoms with Gasteiger partial charge in [-0.2, -0.15) is 0 Å². The molecule has 0 radical (unpaired) electrons. The lowest BCUT2D eigenvalue weighted by atomic mass is 9.57. The van der Waals surface area contributed by atoms with Gasteiger partial charge in [0, 0.05) is 11.4 Å². The molecule has 1 saturated carbocycles. The van der Waals surface area contributed by atoms with E-state index in [-0.39, 0.29) is 18.0 Å². The molecule has 1 aromatic rings. The molecule has 0 saturated heterocycles. The molecule has 2 unspecified atom stereocenters. The number of halogens is 1. The number of ketones is 4. The normalized spacial score (nSPS) is 20.3. The number of hydrogen-bond acceptors (Lipinski definition) is 4. The maximum Gasteiger partial charge on any atom is 0.164 e. The van der Waals surface area contributed by atoms with Gasteiger partial charge in [0.15, 0.2) is 23.1 Å². The molecular weight excluding hydrogens is 460 g/mol. The Bertz CT molecular complexity index is 903. The highest BCUT2D eigenvalue weighted by atomic mass is 35.5. The van der Waals surface area contributed by atoms with Crippen LogP contribution in [0.25, 0.3) is 0 Å². The Morgan fingerprint density at radius 3 is 1.97 bits per heavy atom. The molecule has 1 aromatic carbocycles. The van der Waals surface area contributed by atoms with Crippen LogP contribution in [0.15, 0.2) is 24.3 Å². The average Bonchev–Trinajstić information content (AvgIpc) is 2.77. The second-order valence-electron chi connectivity index (χ2n) is 11.6. The first-order chi connectivity index (χ1) is 16.4. The summed E-state index contributed by atoms with van der Waals surface area (Å²) in [6.07, 6.45) is 3.87. The summed E-state index contributed by atoms with van der Waals surface area (Å²) in [4.78, 5) is 54.9. The summed E-state index contributed by atoms with van der Waals surface area (Å²) in [5.41, 5.74) is -0.347. The summed E-state index contributed by atoms with van der Waals surface area (Å²) in [6, 6.07) is 7.27. The number of aryl methyl sites for hydroxylation is 1. The minimum absolute atomic E-state index is 0.0814. The molecule has 0 spiro atoms. The van der Waals surface area contributed by atoms with Crippen molar-refractivity contribution in [1.82, 2.24) is 0 Å². The largest absolute Gasteiger partial charge is 0.298 e. The number of hydrogen-bond donors (Lipinski definition) is 0. The highest BCUT2D eigenvalue weighted by molar-refractivity contribution is 6.34. The van der Waals surface area contributed by atoms with E-state index in [0.29, 0.717) is 67.7 Å². The lowest BCUT2D eigenvalue weighted by Crippen LogP contribution is -2.58. The molecule has 5 heteroatoms. The number of benzene rings is 1. The quantitative estimate of drug-likeness (QED) is 0.270. The SMILES string of the molecule is CC(C)CCC1C(=O)C(C(=O)CCc2cccc(Cl)c2)C(=O)C(CCC(C)C)(CCC(C)C)C1=O. The lowest BCUT2D eigenvalue weighted by Gasteiger charge is -2.41. The van der Waals surface area contributed by atoms with Crippen molar-refractivity contribution in [2.24, 2.45) is 35.0 Å². The van der Waals surface area contributed by atoms with Gasteiger partial charge in [0.05, 0.1) is 11.3 Å². The highest BCUT2D eigenvalue weighted by Gasteiger charge is 2.59. The van der Waals surface area contributed by atoms with E-state index < -0.39 is 28.8 Å². The maximum absolute atomic E-state index is 14.0. The Labute approximate surface area is 216 Å². The van der Waals surface area contributed by atoms with Crippen LogP contribution in [0.5, 0.6) is 0 Å². The summed E-state index contributed by atoms with van der Waals surface area (Å²) in [6.45, 7) is 12.4. The van der Waals surface area contributed by atoms with Crippen LogP contribution in [0.1, 0.15) is 92.1 Å². The van der Waals surface area contributed by atoms with Crippen molar-refractivity contribution in [3.05, 3.63) is 34.9 Å². The van der Waals surface area contributed by atoms with E-state index in [1.54, 1.807) is 12.1 Å². The van der Waals surface area contributed by atoms with Crippen LogP contribution in [0.3, 0.4) is 0 Å². The molecule has 35 heavy (non-hydrogen) atoms. The fourth-order valence-corrected chi connectivity index (χ4v) is 5.27. The van der Waals surface area contributed by atoms with Crippen LogP contribution in [-0.2, 0) is 25.6 Å². The van der Waals surface area contributed by atoms with E-state index in [4.69, 9.17) is 11.6 Å². The van der Waals surface area contributed by atoms with Gasteiger partial charge in [-0.3, -0.25) is 19.2 Å². The van der Waals surface area contributed by atoms with Crippen molar-refractivity contribution in [2.45, 2.75) is 92.9 Å². The number of Topliss-reactive ketones (excluding diaryl/α,β-unsaturated/α-hetero) is 4. The van der Waals surface area contributed by atoms with Crippen LogP contribution in [0.2, 0.25) is 5.02 Å². The van der Waals surface area contributed by atoms with Crippen LogP contribution in [-0.4, -0.2) is 23.1 Å². The molecule has 0 amide bonds. The van der Waals surface area contributed by atoms with Crippen LogP contribution >= 0.6 is 11.6 Å². The molecule has 2 rings (SSSR count). The van der Waals surface area contributed by atoms with E-state index in [1.807, 2.05) is 12.1 Å².